The number of ether oxygens (including phenoxy) is 1. The minimum absolute atomic E-state index is 0.155. The molecule has 0 aromatic heterocycles. The first-order valence-electron chi connectivity index (χ1n) is 2.64. The summed E-state index contributed by atoms with van der Waals surface area (Å²) in [6, 6.07) is 0.155. The third kappa shape index (κ3) is 3.68. The maximum atomic E-state index is 5.43. The van der Waals surface area contributed by atoms with Crippen LogP contribution in [0.5, 0.6) is 0 Å². The largest absolute Gasteiger partial charge is 0.502 e. The summed E-state index contributed by atoms with van der Waals surface area (Å²) in [7, 11) is 1.60. The van der Waals surface area contributed by atoms with Crippen molar-refractivity contribution in [3.63, 3.8) is 0 Å². The van der Waals surface area contributed by atoms with Crippen molar-refractivity contribution in [3.05, 3.63) is 12.3 Å². The highest BCUT2D eigenvalue weighted by Gasteiger charge is 1.95. The van der Waals surface area contributed by atoms with Gasteiger partial charge in [0.25, 0.3) is 0 Å². The summed E-state index contributed by atoms with van der Waals surface area (Å²) in [4.78, 5) is 0. The Morgan fingerprint density at radius 1 is 1.88 bits per heavy atom. The van der Waals surface area contributed by atoms with Crippen molar-refractivity contribution in [3.8, 4) is 0 Å². The first-order chi connectivity index (χ1) is 3.66. The van der Waals surface area contributed by atoms with E-state index in [1.807, 2.05) is 6.92 Å². The first-order valence-corrected chi connectivity index (χ1v) is 2.64. The summed E-state index contributed by atoms with van der Waals surface area (Å²) in [5.41, 5.74) is 5.43. The lowest BCUT2D eigenvalue weighted by Crippen LogP contribution is -2.15. The van der Waals surface area contributed by atoms with Gasteiger partial charge in [0.05, 0.1) is 12.9 Å². The topological polar surface area (TPSA) is 35.2 Å². The van der Waals surface area contributed by atoms with Crippen LogP contribution >= 0.6 is 0 Å². The smallest absolute Gasteiger partial charge is 0.0899 e. The Morgan fingerprint density at radius 3 is 2.50 bits per heavy atom. The van der Waals surface area contributed by atoms with E-state index in [0.717, 1.165) is 12.2 Å². The molecule has 1 atom stereocenters. The van der Waals surface area contributed by atoms with Gasteiger partial charge in [-0.1, -0.05) is 6.58 Å². The van der Waals surface area contributed by atoms with Crippen LogP contribution in [-0.2, 0) is 4.74 Å². The van der Waals surface area contributed by atoms with Gasteiger partial charge >= 0.3 is 0 Å². The molecule has 2 nitrogen and oxygen atoms in total. The number of rotatable bonds is 3. The van der Waals surface area contributed by atoms with Crippen LogP contribution in [0.15, 0.2) is 12.3 Å². The monoisotopic (exact) mass is 115 g/mol. The van der Waals surface area contributed by atoms with Gasteiger partial charge in [-0.2, -0.15) is 0 Å². The molecule has 0 aromatic rings. The second-order valence-electron chi connectivity index (χ2n) is 1.92. The molecule has 0 aromatic carbocycles. The van der Waals surface area contributed by atoms with Crippen molar-refractivity contribution in [1.29, 1.82) is 0 Å². The fourth-order valence-electron chi connectivity index (χ4n) is 0.442. The predicted molar refractivity (Wildman–Crippen MR) is 34.4 cm³/mol. The first kappa shape index (κ1) is 7.50. The van der Waals surface area contributed by atoms with Crippen LogP contribution in [0.1, 0.15) is 13.3 Å². The summed E-state index contributed by atoms with van der Waals surface area (Å²) in [6.45, 7) is 5.53. The second kappa shape index (κ2) is 3.50. The van der Waals surface area contributed by atoms with Crippen LogP contribution in [0.2, 0.25) is 0 Å². The Hall–Kier alpha value is -0.500. The Kier molecular flexibility index (Phi) is 3.28. The molecule has 0 heterocycles. The summed E-state index contributed by atoms with van der Waals surface area (Å²) >= 11 is 0. The zero-order valence-electron chi connectivity index (χ0n) is 5.48. The van der Waals surface area contributed by atoms with Gasteiger partial charge < -0.3 is 10.5 Å². The minimum Gasteiger partial charge on any atom is -0.502 e. The van der Waals surface area contributed by atoms with E-state index in [1.54, 1.807) is 7.11 Å². The number of methoxy groups -OCH3 is 1. The normalized spacial score (nSPS) is 12.9. The molecule has 0 aliphatic heterocycles. The zero-order chi connectivity index (χ0) is 6.57. The summed E-state index contributed by atoms with van der Waals surface area (Å²) in [6.07, 6.45) is 0.747. The Balaban J connectivity index is 3.25. The van der Waals surface area contributed by atoms with Crippen molar-refractivity contribution in [2.45, 2.75) is 19.4 Å². The van der Waals surface area contributed by atoms with E-state index in [0.29, 0.717) is 0 Å². The molecular formula is C6H13NO. The summed E-state index contributed by atoms with van der Waals surface area (Å²) < 4.78 is 4.79. The van der Waals surface area contributed by atoms with Crippen molar-refractivity contribution in [1.82, 2.24) is 0 Å². The van der Waals surface area contributed by atoms with Gasteiger partial charge in [-0.15, -0.1) is 0 Å². The SMILES string of the molecule is C=C(CC(C)N)OC. The quantitative estimate of drug-likeness (QED) is 0.554. The lowest BCUT2D eigenvalue weighted by molar-refractivity contribution is 0.274. The van der Waals surface area contributed by atoms with Crippen LogP contribution in [0, 0.1) is 0 Å². The zero-order valence-corrected chi connectivity index (χ0v) is 5.48. The van der Waals surface area contributed by atoms with Crippen LogP contribution in [0.4, 0.5) is 0 Å². The molecule has 0 rings (SSSR count). The Morgan fingerprint density at radius 2 is 2.38 bits per heavy atom. The third-order valence-corrected chi connectivity index (χ3v) is 0.838. The van der Waals surface area contributed by atoms with Crippen molar-refractivity contribution in [2.24, 2.45) is 5.73 Å². The molecule has 2 heteroatoms. The van der Waals surface area contributed by atoms with E-state index in [9.17, 15) is 0 Å². The van der Waals surface area contributed by atoms with Gasteiger partial charge in [0, 0.05) is 12.5 Å². The van der Waals surface area contributed by atoms with Gasteiger partial charge in [-0.25, -0.2) is 0 Å². The van der Waals surface area contributed by atoms with E-state index in [-0.39, 0.29) is 6.04 Å². The van der Waals surface area contributed by atoms with Gasteiger partial charge in [-0.3, -0.25) is 0 Å². The molecule has 0 saturated heterocycles. The molecule has 0 amide bonds. The van der Waals surface area contributed by atoms with Crippen LogP contribution in [-0.4, -0.2) is 13.2 Å². The van der Waals surface area contributed by atoms with Gasteiger partial charge in [0.1, 0.15) is 0 Å². The molecule has 0 aliphatic rings. The molecule has 0 radical (unpaired) electrons. The fraction of sp³-hybridized carbons (Fsp3) is 0.667. The lowest BCUT2D eigenvalue weighted by Gasteiger charge is -2.05. The predicted octanol–water partition coefficient (Wildman–Crippen LogP) is 0.884. The molecule has 0 fully saturated rings. The number of hydrogen-bond acceptors (Lipinski definition) is 2. The second-order valence-corrected chi connectivity index (χ2v) is 1.92. The molecule has 1 unspecified atom stereocenters. The molecule has 0 aliphatic carbocycles. The van der Waals surface area contributed by atoms with E-state index in [2.05, 4.69) is 6.58 Å². The average molecular weight is 115 g/mol. The summed E-state index contributed by atoms with van der Waals surface area (Å²) in [5, 5.41) is 0. The maximum Gasteiger partial charge on any atom is 0.0899 e. The Bertz CT molecular complexity index is 78.6. The molecule has 8 heavy (non-hydrogen) atoms. The molecular weight excluding hydrogens is 102 g/mol. The van der Waals surface area contributed by atoms with Gasteiger partial charge in [-0.05, 0) is 6.92 Å². The maximum absolute atomic E-state index is 5.43. The fourth-order valence-corrected chi connectivity index (χ4v) is 0.442. The Labute approximate surface area is 50.3 Å². The lowest BCUT2D eigenvalue weighted by atomic mass is 10.2. The number of hydrogen-bond donors (Lipinski definition) is 1. The third-order valence-electron chi connectivity index (χ3n) is 0.838. The highest BCUT2D eigenvalue weighted by molar-refractivity contribution is 4.84. The number of nitrogens with two attached hydrogens (primary N) is 1. The van der Waals surface area contributed by atoms with Crippen LogP contribution < -0.4 is 5.73 Å². The molecule has 0 bridgehead atoms. The molecule has 0 spiro atoms. The molecule has 0 saturated carbocycles. The van der Waals surface area contributed by atoms with Gasteiger partial charge in [0.15, 0.2) is 0 Å². The summed E-state index contributed by atoms with van der Waals surface area (Å²) in [5.74, 6) is 0.750. The standard InChI is InChI=1S/C6H13NO/c1-5(7)4-6(2)8-3/h5H,2,4,7H2,1,3H3. The van der Waals surface area contributed by atoms with E-state index >= 15 is 0 Å². The van der Waals surface area contributed by atoms with E-state index in [4.69, 9.17) is 10.5 Å². The minimum atomic E-state index is 0.155. The van der Waals surface area contributed by atoms with E-state index in [1.165, 1.54) is 0 Å². The van der Waals surface area contributed by atoms with Crippen molar-refractivity contribution >= 4 is 0 Å². The molecule has 48 valence electrons. The van der Waals surface area contributed by atoms with Crippen LogP contribution in [0.3, 0.4) is 0 Å². The average Bonchev–Trinajstić information content (AvgIpc) is 1.65. The van der Waals surface area contributed by atoms with E-state index < -0.39 is 0 Å². The van der Waals surface area contributed by atoms with Crippen molar-refractivity contribution < 1.29 is 4.74 Å². The molecule has 2 N–H and O–H groups in total. The highest BCUT2D eigenvalue weighted by Crippen LogP contribution is 1.99. The van der Waals surface area contributed by atoms with Crippen molar-refractivity contribution in [2.75, 3.05) is 7.11 Å². The van der Waals surface area contributed by atoms with Crippen LogP contribution in [0.25, 0.3) is 0 Å². The van der Waals surface area contributed by atoms with Gasteiger partial charge in [0.2, 0.25) is 0 Å². The highest BCUT2D eigenvalue weighted by atomic mass is 16.5.